The highest BCUT2D eigenvalue weighted by molar-refractivity contribution is 6.30. The van der Waals surface area contributed by atoms with Crippen LogP contribution in [0.5, 0.6) is 0 Å². The summed E-state index contributed by atoms with van der Waals surface area (Å²) in [6.07, 6.45) is -2.54. The average molecular weight is 492 g/mol. The summed E-state index contributed by atoms with van der Waals surface area (Å²) in [6.45, 7) is 10.3. The molecule has 0 spiro atoms. The minimum absolute atomic E-state index is 0.00355. The Bertz CT molecular complexity index is 1190. The first-order valence-electron chi connectivity index (χ1n) is 11.7. The highest BCUT2D eigenvalue weighted by Gasteiger charge is 2.29. The third kappa shape index (κ3) is 6.50. The summed E-state index contributed by atoms with van der Waals surface area (Å²) >= 11 is 5.91. The summed E-state index contributed by atoms with van der Waals surface area (Å²) in [5, 5.41) is 10.3. The zero-order valence-electron chi connectivity index (χ0n) is 20.8. The normalized spacial score (nSPS) is 14.1. The lowest BCUT2D eigenvalue weighted by atomic mass is 9.83. The first-order valence-corrected chi connectivity index (χ1v) is 12.1. The summed E-state index contributed by atoms with van der Waals surface area (Å²) in [5.74, 6) is -1.03. The fourth-order valence-corrected chi connectivity index (χ4v) is 4.17. The second kappa shape index (κ2) is 11.1. The molecule has 0 aliphatic carbocycles. The summed E-state index contributed by atoms with van der Waals surface area (Å²) < 4.78 is 20.8. The predicted octanol–water partition coefficient (Wildman–Crippen LogP) is 8.24. The topological polar surface area (TPSA) is 50.1 Å². The molecule has 5 heteroatoms. The number of carbonyl (C=O) groups is 1. The lowest BCUT2D eigenvalue weighted by molar-refractivity contribution is -0.150. The number of halogens is 2. The van der Waals surface area contributed by atoms with Crippen LogP contribution in [0.4, 0.5) is 4.39 Å². The number of rotatable bonds is 7. The van der Waals surface area contributed by atoms with Gasteiger partial charge in [0, 0.05) is 10.6 Å². The van der Waals surface area contributed by atoms with Crippen LogP contribution in [-0.4, -0.2) is 5.97 Å². The monoisotopic (exact) mass is 491 g/mol. The van der Waals surface area contributed by atoms with Crippen LogP contribution >= 0.6 is 11.6 Å². The molecule has 0 radical (unpaired) electrons. The number of benzene rings is 3. The maximum atomic E-state index is 15.1. The van der Waals surface area contributed by atoms with Crippen molar-refractivity contribution in [3.63, 3.8) is 0 Å². The molecule has 0 fully saturated rings. The highest BCUT2D eigenvalue weighted by Crippen LogP contribution is 2.33. The SMILES string of the molecule is CC(C)C(C(=O)OC(C#N)c1cccc(C(F)c2ccc(Cl)cc2)c1)c1ccc(C(C)(C)C)cc1. The Labute approximate surface area is 212 Å². The molecular weight excluding hydrogens is 461 g/mol. The van der Waals surface area contributed by atoms with E-state index >= 15 is 4.39 Å². The van der Waals surface area contributed by atoms with E-state index in [2.05, 4.69) is 26.8 Å². The van der Waals surface area contributed by atoms with Crippen molar-refractivity contribution >= 4 is 17.6 Å². The molecule has 0 saturated heterocycles. The van der Waals surface area contributed by atoms with E-state index < -0.39 is 24.2 Å². The van der Waals surface area contributed by atoms with Crippen LogP contribution < -0.4 is 0 Å². The van der Waals surface area contributed by atoms with Gasteiger partial charge in [0.1, 0.15) is 6.07 Å². The highest BCUT2D eigenvalue weighted by atomic mass is 35.5. The number of nitrogens with zero attached hydrogens (tertiary/aromatic N) is 1. The van der Waals surface area contributed by atoms with Crippen molar-refractivity contribution < 1.29 is 13.9 Å². The number of carbonyl (C=O) groups excluding carboxylic acids is 1. The van der Waals surface area contributed by atoms with Gasteiger partial charge in [-0.15, -0.1) is 0 Å². The third-order valence-corrected chi connectivity index (χ3v) is 6.33. The number of esters is 1. The van der Waals surface area contributed by atoms with Gasteiger partial charge in [0.15, 0.2) is 6.17 Å². The molecule has 3 aromatic rings. The Morgan fingerprint density at radius 3 is 2.03 bits per heavy atom. The van der Waals surface area contributed by atoms with E-state index in [0.29, 0.717) is 21.7 Å². The molecule has 3 unspecified atom stereocenters. The van der Waals surface area contributed by atoms with Crippen molar-refractivity contribution in [3.05, 3.63) is 106 Å². The van der Waals surface area contributed by atoms with Gasteiger partial charge in [-0.05, 0) is 51.8 Å². The van der Waals surface area contributed by atoms with E-state index in [9.17, 15) is 10.1 Å². The van der Waals surface area contributed by atoms with Gasteiger partial charge in [0.05, 0.1) is 5.92 Å². The van der Waals surface area contributed by atoms with Crippen LogP contribution in [0, 0.1) is 17.2 Å². The van der Waals surface area contributed by atoms with E-state index in [-0.39, 0.29) is 11.3 Å². The summed E-state index contributed by atoms with van der Waals surface area (Å²) in [6, 6.07) is 23.1. The quantitative estimate of drug-likeness (QED) is 0.312. The lowest BCUT2D eigenvalue weighted by Crippen LogP contribution is -2.23. The van der Waals surface area contributed by atoms with E-state index in [0.717, 1.165) is 5.56 Å². The van der Waals surface area contributed by atoms with Crippen LogP contribution in [0.15, 0.2) is 72.8 Å². The van der Waals surface area contributed by atoms with Crippen LogP contribution in [-0.2, 0) is 14.9 Å². The first kappa shape index (κ1) is 26.4. The van der Waals surface area contributed by atoms with Crippen LogP contribution in [0.25, 0.3) is 0 Å². The molecule has 0 aromatic heterocycles. The van der Waals surface area contributed by atoms with Gasteiger partial charge in [-0.2, -0.15) is 5.26 Å². The van der Waals surface area contributed by atoms with Crippen molar-refractivity contribution in [2.24, 2.45) is 5.92 Å². The molecule has 0 amide bonds. The van der Waals surface area contributed by atoms with Crippen molar-refractivity contribution in [1.29, 1.82) is 5.26 Å². The molecule has 0 N–H and O–H groups in total. The molecular formula is C30H31ClFNO2. The summed E-state index contributed by atoms with van der Waals surface area (Å²) in [5.41, 5.74) is 3.28. The van der Waals surface area contributed by atoms with Gasteiger partial charge in [-0.3, -0.25) is 4.79 Å². The molecule has 0 saturated carbocycles. The smallest absolute Gasteiger partial charge is 0.315 e. The summed E-state index contributed by atoms with van der Waals surface area (Å²) in [7, 11) is 0. The van der Waals surface area contributed by atoms with Crippen molar-refractivity contribution in [2.45, 2.75) is 58.2 Å². The Kier molecular flexibility index (Phi) is 8.35. The van der Waals surface area contributed by atoms with Crippen molar-refractivity contribution in [2.75, 3.05) is 0 Å². The molecule has 3 nitrogen and oxygen atoms in total. The molecule has 0 heterocycles. The fraction of sp³-hybridized carbons (Fsp3) is 0.333. The van der Waals surface area contributed by atoms with E-state index in [4.69, 9.17) is 16.3 Å². The van der Waals surface area contributed by atoms with E-state index in [1.54, 1.807) is 48.5 Å². The Morgan fingerprint density at radius 1 is 0.914 bits per heavy atom. The van der Waals surface area contributed by atoms with Gasteiger partial charge in [-0.1, -0.05) is 101 Å². The lowest BCUT2D eigenvalue weighted by Gasteiger charge is -2.24. The molecule has 3 aromatic carbocycles. The Balaban J connectivity index is 1.82. The number of nitriles is 1. The third-order valence-electron chi connectivity index (χ3n) is 6.08. The second-order valence-electron chi connectivity index (χ2n) is 10.1. The Morgan fingerprint density at radius 2 is 1.49 bits per heavy atom. The molecule has 182 valence electrons. The minimum atomic E-state index is -1.40. The first-order chi connectivity index (χ1) is 16.5. The zero-order valence-corrected chi connectivity index (χ0v) is 21.5. The number of hydrogen-bond acceptors (Lipinski definition) is 3. The second-order valence-corrected chi connectivity index (χ2v) is 10.6. The van der Waals surface area contributed by atoms with Gasteiger partial charge in [-0.25, -0.2) is 4.39 Å². The van der Waals surface area contributed by atoms with Crippen LogP contribution in [0.3, 0.4) is 0 Å². The molecule has 3 rings (SSSR count). The number of alkyl halides is 1. The van der Waals surface area contributed by atoms with Crippen molar-refractivity contribution in [1.82, 2.24) is 0 Å². The van der Waals surface area contributed by atoms with Crippen LogP contribution in [0.2, 0.25) is 5.02 Å². The number of hydrogen-bond donors (Lipinski definition) is 0. The Hall–Kier alpha value is -3.16. The molecule has 3 atom stereocenters. The van der Waals surface area contributed by atoms with Gasteiger partial charge in [0.25, 0.3) is 0 Å². The summed E-state index contributed by atoms with van der Waals surface area (Å²) in [4.78, 5) is 13.2. The minimum Gasteiger partial charge on any atom is -0.441 e. The van der Waals surface area contributed by atoms with Gasteiger partial charge < -0.3 is 4.74 Å². The van der Waals surface area contributed by atoms with E-state index in [1.807, 2.05) is 38.1 Å². The largest absolute Gasteiger partial charge is 0.441 e. The standard InChI is InChI=1S/C30H31ClFNO2/c1-19(2)27(20-9-13-24(14-10-20)30(3,4)5)29(34)35-26(18-33)22-7-6-8-23(17-22)28(32)21-11-15-25(31)16-12-21/h6-17,19,26-28H,1-5H3. The molecule has 0 aliphatic rings. The molecule has 35 heavy (non-hydrogen) atoms. The zero-order chi connectivity index (χ0) is 25.8. The number of ether oxygens (including phenoxy) is 1. The fourth-order valence-electron chi connectivity index (χ4n) is 4.05. The van der Waals surface area contributed by atoms with Gasteiger partial charge in [0.2, 0.25) is 6.10 Å². The van der Waals surface area contributed by atoms with Gasteiger partial charge >= 0.3 is 5.97 Å². The maximum Gasteiger partial charge on any atom is 0.315 e. The molecule has 0 aliphatic heterocycles. The van der Waals surface area contributed by atoms with Crippen molar-refractivity contribution in [3.8, 4) is 6.07 Å². The maximum absolute atomic E-state index is 15.1. The average Bonchev–Trinajstić information content (AvgIpc) is 2.82. The van der Waals surface area contributed by atoms with Crippen LogP contribution in [0.1, 0.15) is 80.6 Å². The molecule has 0 bridgehead atoms. The van der Waals surface area contributed by atoms with E-state index in [1.165, 1.54) is 5.56 Å². The predicted molar refractivity (Wildman–Crippen MR) is 138 cm³/mol.